The maximum absolute atomic E-state index is 12.2. The molecule has 2 N–H and O–H groups in total. The van der Waals surface area contributed by atoms with E-state index in [0.717, 1.165) is 44.1 Å². The van der Waals surface area contributed by atoms with Gasteiger partial charge in [0.2, 0.25) is 0 Å². The molecular weight excluding hydrogens is 344 g/mol. The molecule has 1 aromatic carbocycles. The van der Waals surface area contributed by atoms with Gasteiger partial charge in [-0.2, -0.15) is 0 Å². The van der Waals surface area contributed by atoms with E-state index in [1.54, 1.807) is 12.1 Å². The van der Waals surface area contributed by atoms with Crippen LogP contribution in [0.3, 0.4) is 0 Å². The van der Waals surface area contributed by atoms with Crippen LogP contribution in [0.2, 0.25) is 0 Å². The number of carbonyl (C=O) groups excluding carboxylic acids is 2. The van der Waals surface area contributed by atoms with Crippen molar-refractivity contribution in [3.05, 3.63) is 29.8 Å². The van der Waals surface area contributed by atoms with Gasteiger partial charge in [0.1, 0.15) is 6.04 Å². The molecule has 27 heavy (non-hydrogen) atoms. The third-order valence-corrected chi connectivity index (χ3v) is 4.88. The molecular formula is C21H32N2O4. The molecule has 1 fully saturated rings. The number of urea groups is 1. The molecule has 0 bridgehead atoms. The fourth-order valence-corrected chi connectivity index (χ4v) is 3.22. The van der Waals surface area contributed by atoms with Crippen molar-refractivity contribution >= 4 is 17.6 Å². The van der Waals surface area contributed by atoms with Gasteiger partial charge in [-0.1, -0.05) is 51.7 Å². The van der Waals surface area contributed by atoms with Crippen molar-refractivity contribution in [3.8, 4) is 0 Å². The SMILES string of the molecule is CCCCCC(O)c1ccc(N2C(=O)NC(=O)[C@@H]2CCOCCCC)cc1. The highest BCUT2D eigenvalue weighted by molar-refractivity contribution is 6.14. The molecule has 1 aliphatic rings. The Balaban J connectivity index is 1.98. The first-order chi connectivity index (χ1) is 13.1. The number of benzene rings is 1. The van der Waals surface area contributed by atoms with E-state index in [9.17, 15) is 14.7 Å². The lowest BCUT2D eigenvalue weighted by atomic mass is 10.0. The van der Waals surface area contributed by atoms with Gasteiger partial charge < -0.3 is 9.84 Å². The normalized spacial score (nSPS) is 18.0. The van der Waals surface area contributed by atoms with Gasteiger partial charge in [0.25, 0.3) is 5.91 Å². The Hall–Kier alpha value is -1.92. The summed E-state index contributed by atoms with van der Waals surface area (Å²) < 4.78 is 5.55. The third kappa shape index (κ3) is 6.04. The predicted molar refractivity (Wildman–Crippen MR) is 106 cm³/mol. The number of nitrogens with zero attached hydrogens (tertiary/aromatic N) is 1. The number of anilines is 1. The maximum Gasteiger partial charge on any atom is 0.329 e. The molecule has 2 atom stereocenters. The molecule has 1 heterocycles. The van der Waals surface area contributed by atoms with Gasteiger partial charge in [-0.05, 0) is 30.5 Å². The van der Waals surface area contributed by atoms with E-state index in [2.05, 4.69) is 19.2 Å². The summed E-state index contributed by atoms with van der Waals surface area (Å²) in [6.07, 6.45) is 5.95. The Kier molecular flexibility index (Phi) is 8.75. The molecule has 1 unspecified atom stereocenters. The van der Waals surface area contributed by atoms with Gasteiger partial charge in [0, 0.05) is 25.3 Å². The lowest BCUT2D eigenvalue weighted by Crippen LogP contribution is -2.36. The van der Waals surface area contributed by atoms with Crippen LogP contribution in [0.4, 0.5) is 10.5 Å². The van der Waals surface area contributed by atoms with E-state index in [1.165, 1.54) is 4.90 Å². The van der Waals surface area contributed by atoms with E-state index >= 15 is 0 Å². The summed E-state index contributed by atoms with van der Waals surface area (Å²) in [5.41, 5.74) is 1.49. The number of imide groups is 1. The molecule has 1 aliphatic heterocycles. The number of rotatable bonds is 12. The fourth-order valence-electron chi connectivity index (χ4n) is 3.22. The lowest BCUT2D eigenvalue weighted by molar-refractivity contribution is -0.120. The smallest absolute Gasteiger partial charge is 0.329 e. The van der Waals surface area contributed by atoms with Gasteiger partial charge in [-0.15, -0.1) is 0 Å². The molecule has 0 aliphatic carbocycles. The number of aliphatic hydroxyl groups is 1. The highest BCUT2D eigenvalue weighted by Crippen LogP contribution is 2.26. The molecule has 0 spiro atoms. The average Bonchev–Trinajstić information content (AvgIpc) is 2.95. The van der Waals surface area contributed by atoms with Gasteiger partial charge in [0.15, 0.2) is 0 Å². The number of carbonyl (C=O) groups is 2. The number of unbranched alkanes of at least 4 members (excludes halogenated alkanes) is 3. The van der Waals surface area contributed by atoms with Crippen molar-refractivity contribution in [2.75, 3.05) is 18.1 Å². The molecule has 1 aromatic rings. The van der Waals surface area contributed by atoms with Crippen LogP contribution in [-0.2, 0) is 9.53 Å². The first-order valence-corrected chi connectivity index (χ1v) is 10.1. The molecule has 0 aromatic heterocycles. The van der Waals surface area contributed by atoms with Crippen molar-refractivity contribution in [3.63, 3.8) is 0 Å². The highest BCUT2D eigenvalue weighted by Gasteiger charge is 2.38. The quantitative estimate of drug-likeness (QED) is 0.428. The van der Waals surface area contributed by atoms with Crippen LogP contribution >= 0.6 is 0 Å². The Bertz CT molecular complexity index is 603. The van der Waals surface area contributed by atoms with Crippen LogP contribution in [0.1, 0.15) is 70.5 Å². The van der Waals surface area contributed by atoms with Crippen molar-refractivity contribution in [1.29, 1.82) is 0 Å². The van der Waals surface area contributed by atoms with E-state index in [0.29, 0.717) is 25.3 Å². The number of aliphatic hydroxyl groups excluding tert-OH is 1. The summed E-state index contributed by atoms with van der Waals surface area (Å²) in [5.74, 6) is -0.289. The number of amides is 3. The van der Waals surface area contributed by atoms with E-state index < -0.39 is 18.2 Å². The van der Waals surface area contributed by atoms with Crippen molar-refractivity contribution < 1.29 is 19.4 Å². The minimum absolute atomic E-state index is 0.289. The summed E-state index contributed by atoms with van der Waals surface area (Å²) in [6, 6.07) is 6.28. The Morgan fingerprint density at radius 3 is 2.44 bits per heavy atom. The Morgan fingerprint density at radius 1 is 1.07 bits per heavy atom. The zero-order chi connectivity index (χ0) is 19.6. The van der Waals surface area contributed by atoms with Crippen LogP contribution in [0.15, 0.2) is 24.3 Å². The van der Waals surface area contributed by atoms with Crippen LogP contribution in [0.25, 0.3) is 0 Å². The Morgan fingerprint density at radius 2 is 1.78 bits per heavy atom. The zero-order valence-electron chi connectivity index (χ0n) is 16.4. The second-order valence-corrected chi connectivity index (χ2v) is 7.04. The summed E-state index contributed by atoms with van der Waals surface area (Å²) in [4.78, 5) is 25.9. The lowest BCUT2D eigenvalue weighted by Gasteiger charge is -2.22. The number of hydrogen-bond acceptors (Lipinski definition) is 4. The van der Waals surface area contributed by atoms with Gasteiger partial charge in [-0.3, -0.25) is 15.0 Å². The molecule has 1 saturated heterocycles. The standard InChI is InChI=1S/C21H32N2O4/c1-3-5-7-8-19(24)16-9-11-17(12-10-16)23-18(20(25)22-21(23)26)13-15-27-14-6-4-2/h9-12,18-19,24H,3-8,13-15H2,1-2H3,(H,22,25,26)/t18-,19?/m0/s1. The highest BCUT2D eigenvalue weighted by atomic mass is 16.5. The largest absolute Gasteiger partial charge is 0.388 e. The summed E-state index contributed by atoms with van der Waals surface area (Å²) in [6.45, 7) is 5.34. The molecule has 3 amide bonds. The molecule has 150 valence electrons. The first kappa shape index (κ1) is 21.4. The van der Waals surface area contributed by atoms with Crippen LogP contribution in [0.5, 0.6) is 0 Å². The molecule has 0 radical (unpaired) electrons. The van der Waals surface area contributed by atoms with Gasteiger partial charge in [-0.25, -0.2) is 4.79 Å². The van der Waals surface area contributed by atoms with Crippen LogP contribution in [-0.4, -0.2) is 36.3 Å². The first-order valence-electron chi connectivity index (χ1n) is 10.1. The van der Waals surface area contributed by atoms with Crippen LogP contribution in [0, 0.1) is 0 Å². The number of ether oxygens (including phenoxy) is 1. The minimum atomic E-state index is -0.556. The van der Waals surface area contributed by atoms with Crippen molar-refractivity contribution in [2.45, 2.75) is 70.9 Å². The molecule has 6 heteroatoms. The predicted octanol–water partition coefficient (Wildman–Crippen LogP) is 3.93. The minimum Gasteiger partial charge on any atom is -0.388 e. The third-order valence-electron chi connectivity index (χ3n) is 4.88. The topological polar surface area (TPSA) is 78.9 Å². The molecule has 6 nitrogen and oxygen atoms in total. The summed E-state index contributed by atoms with van der Waals surface area (Å²) >= 11 is 0. The van der Waals surface area contributed by atoms with E-state index in [-0.39, 0.29) is 5.91 Å². The van der Waals surface area contributed by atoms with E-state index in [4.69, 9.17) is 4.74 Å². The number of nitrogens with one attached hydrogen (secondary N) is 1. The average molecular weight is 376 g/mol. The maximum atomic E-state index is 12.2. The van der Waals surface area contributed by atoms with E-state index in [1.807, 2.05) is 12.1 Å². The Labute approximate surface area is 161 Å². The van der Waals surface area contributed by atoms with Gasteiger partial charge >= 0.3 is 6.03 Å². The molecule has 0 saturated carbocycles. The van der Waals surface area contributed by atoms with Crippen molar-refractivity contribution in [1.82, 2.24) is 5.32 Å². The second-order valence-electron chi connectivity index (χ2n) is 7.04. The van der Waals surface area contributed by atoms with Crippen LogP contribution < -0.4 is 10.2 Å². The summed E-state index contributed by atoms with van der Waals surface area (Å²) in [7, 11) is 0. The number of hydrogen-bond donors (Lipinski definition) is 2. The van der Waals surface area contributed by atoms with Gasteiger partial charge in [0.05, 0.1) is 6.10 Å². The van der Waals surface area contributed by atoms with Crippen molar-refractivity contribution in [2.24, 2.45) is 0 Å². The fraction of sp³-hybridized carbons (Fsp3) is 0.619. The molecule has 2 rings (SSSR count). The monoisotopic (exact) mass is 376 g/mol. The summed E-state index contributed by atoms with van der Waals surface area (Å²) in [5, 5.41) is 12.7. The zero-order valence-corrected chi connectivity index (χ0v) is 16.4. The second kappa shape index (κ2) is 11.0.